The summed E-state index contributed by atoms with van der Waals surface area (Å²) in [6.45, 7) is 6.64. The van der Waals surface area contributed by atoms with Gasteiger partial charge in [0.2, 0.25) is 5.91 Å². The van der Waals surface area contributed by atoms with Crippen LogP contribution >= 0.6 is 11.6 Å². The van der Waals surface area contributed by atoms with Gasteiger partial charge in [0.1, 0.15) is 11.3 Å². The molecule has 2 aromatic rings. The highest BCUT2D eigenvalue weighted by Gasteiger charge is 2.20. The van der Waals surface area contributed by atoms with Gasteiger partial charge in [-0.25, -0.2) is 4.98 Å². The molecule has 0 spiro atoms. The highest BCUT2D eigenvalue weighted by atomic mass is 35.5. The zero-order valence-corrected chi connectivity index (χ0v) is 13.0. The van der Waals surface area contributed by atoms with Gasteiger partial charge >= 0.3 is 0 Å². The number of carbonyl (C=O) groups excluding carboxylic acids is 1. The molecular weight excluding hydrogens is 278 g/mol. The molecule has 20 heavy (non-hydrogen) atoms. The summed E-state index contributed by atoms with van der Waals surface area (Å²) in [5, 5.41) is 7.08. The van der Waals surface area contributed by atoms with Crippen molar-refractivity contribution in [1.29, 1.82) is 0 Å². The van der Waals surface area contributed by atoms with Crippen molar-refractivity contribution in [2.24, 2.45) is 7.05 Å². The molecule has 2 rings (SSSR count). The zero-order chi connectivity index (χ0) is 14.9. The summed E-state index contributed by atoms with van der Waals surface area (Å²) in [4.78, 5) is 15.6. The standard InChI is InChI=1S/C13H20ClN5O/c1-5-10-11-13(18(4)17-10)19(7-6-15-9(3)20)12(16-11)8(2)14/h8H,5-7H2,1-4H3,(H,15,20). The van der Waals surface area contributed by atoms with E-state index in [4.69, 9.17) is 11.6 Å². The number of fused-ring (bicyclic) bond motifs is 1. The molecule has 1 unspecified atom stereocenters. The molecule has 1 N–H and O–H groups in total. The monoisotopic (exact) mass is 297 g/mol. The van der Waals surface area contributed by atoms with Gasteiger partial charge in [-0.3, -0.25) is 9.48 Å². The molecule has 110 valence electrons. The maximum Gasteiger partial charge on any atom is 0.216 e. The van der Waals surface area contributed by atoms with Gasteiger partial charge in [-0.1, -0.05) is 6.92 Å². The van der Waals surface area contributed by atoms with Gasteiger partial charge in [0.05, 0.1) is 11.1 Å². The molecule has 0 bridgehead atoms. The Morgan fingerprint density at radius 3 is 2.75 bits per heavy atom. The van der Waals surface area contributed by atoms with Gasteiger partial charge in [-0.2, -0.15) is 5.10 Å². The molecule has 0 aromatic carbocycles. The number of nitrogens with one attached hydrogen (secondary N) is 1. The van der Waals surface area contributed by atoms with Crippen LogP contribution in [0.3, 0.4) is 0 Å². The van der Waals surface area contributed by atoms with Crippen LogP contribution in [-0.4, -0.2) is 31.8 Å². The van der Waals surface area contributed by atoms with Gasteiger partial charge in [0, 0.05) is 27.1 Å². The van der Waals surface area contributed by atoms with Crippen molar-refractivity contribution in [2.75, 3.05) is 6.54 Å². The van der Waals surface area contributed by atoms with Crippen LogP contribution in [0, 0.1) is 0 Å². The lowest BCUT2D eigenvalue weighted by molar-refractivity contribution is -0.118. The molecule has 0 aliphatic carbocycles. The van der Waals surface area contributed by atoms with E-state index in [9.17, 15) is 4.79 Å². The first-order valence-corrected chi connectivity index (χ1v) is 7.19. The van der Waals surface area contributed by atoms with Crippen LogP contribution < -0.4 is 5.32 Å². The summed E-state index contributed by atoms with van der Waals surface area (Å²) < 4.78 is 3.87. The predicted octanol–water partition coefficient (Wildman–Crippen LogP) is 1.77. The van der Waals surface area contributed by atoms with Crippen LogP contribution in [-0.2, 0) is 24.8 Å². The SMILES string of the molecule is CCc1nn(C)c2c1nc(C(C)Cl)n2CCNC(C)=O. The summed E-state index contributed by atoms with van der Waals surface area (Å²) in [7, 11) is 1.90. The predicted molar refractivity (Wildman–Crippen MR) is 78.8 cm³/mol. The molecule has 2 heterocycles. The van der Waals surface area contributed by atoms with Crippen molar-refractivity contribution < 1.29 is 4.79 Å². The van der Waals surface area contributed by atoms with E-state index in [1.54, 1.807) is 0 Å². The second kappa shape index (κ2) is 5.83. The molecule has 0 saturated heterocycles. The summed E-state index contributed by atoms with van der Waals surface area (Å²) in [5.41, 5.74) is 2.83. The van der Waals surface area contributed by atoms with Crippen LogP contribution in [0.2, 0.25) is 0 Å². The number of hydrogen-bond acceptors (Lipinski definition) is 3. The summed E-state index contributed by atoms with van der Waals surface area (Å²) in [5.74, 6) is 0.774. The Labute approximate surface area is 123 Å². The third-order valence-electron chi connectivity index (χ3n) is 3.22. The van der Waals surface area contributed by atoms with E-state index in [1.165, 1.54) is 6.92 Å². The smallest absolute Gasteiger partial charge is 0.216 e. The van der Waals surface area contributed by atoms with E-state index in [0.717, 1.165) is 29.1 Å². The Bertz CT molecular complexity index is 628. The Morgan fingerprint density at radius 1 is 1.50 bits per heavy atom. The largest absolute Gasteiger partial charge is 0.355 e. The number of aromatic nitrogens is 4. The lowest BCUT2D eigenvalue weighted by Crippen LogP contribution is -2.25. The van der Waals surface area contributed by atoms with Gasteiger partial charge in [-0.15, -0.1) is 11.6 Å². The molecule has 0 saturated carbocycles. The Hall–Kier alpha value is -1.56. The average molecular weight is 298 g/mol. The highest BCUT2D eigenvalue weighted by Crippen LogP contribution is 2.26. The number of hydrogen-bond donors (Lipinski definition) is 1. The number of nitrogens with zero attached hydrogens (tertiary/aromatic N) is 4. The maximum absolute atomic E-state index is 11.0. The van der Waals surface area contributed by atoms with Crippen molar-refractivity contribution >= 4 is 28.7 Å². The number of carbonyl (C=O) groups is 1. The Balaban J connectivity index is 2.45. The molecule has 2 aromatic heterocycles. The number of amides is 1. The van der Waals surface area contributed by atoms with E-state index in [1.807, 2.05) is 23.2 Å². The van der Waals surface area contributed by atoms with Crippen molar-refractivity contribution in [1.82, 2.24) is 24.6 Å². The van der Waals surface area contributed by atoms with Gasteiger partial charge in [0.15, 0.2) is 5.65 Å². The van der Waals surface area contributed by atoms with Crippen LogP contribution in [0.25, 0.3) is 11.2 Å². The zero-order valence-electron chi connectivity index (χ0n) is 12.3. The fourth-order valence-electron chi connectivity index (χ4n) is 2.36. The lowest BCUT2D eigenvalue weighted by atomic mass is 10.3. The number of imidazole rings is 1. The second-order valence-corrected chi connectivity index (χ2v) is 5.47. The first-order valence-electron chi connectivity index (χ1n) is 6.76. The first-order chi connectivity index (χ1) is 9.45. The number of alkyl halides is 1. The minimum atomic E-state index is -0.190. The molecule has 7 heteroatoms. The fourth-order valence-corrected chi connectivity index (χ4v) is 2.53. The normalized spacial score (nSPS) is 12.8. The quantitative estimate of drug-likeness (QED) is 0.856. The Kier molecular flexibility index (Phi) is 4.32. The van der Waals surface area contributed by atoms with Crippen LogP contribution in [0.5, 0.6) is 0 Å². The summed E-state index contributed by atoms with van der Waals surface area (Å²) in [6, 6.07) is 0. The molecular formula is C13H20ClN5O. The molecule has 0 aliphatic heterocycles. The van der Waals surface area contributed by atoms with E-state index in [2.05, 4.69) is 22.3 Å². The molecule has 1 atom stereocenters. The third-order valence-corrected chi connectivity index (χ3v) is 3.42. The van der Waals surface area contributed by atoms with E-state index >= 15 is 0 Å². The highest BCUT2D eigenvalue weighted by molar-refractivity contribution is 6.20. The van der Waals surface area contributed by atoms with Crippen LogP contribution in [0.1, 0.15) is 37.7 Å². The first kappa shape index (κ1) is 14.8. The minimum absolute atomic E-state index is 0.0407. The maximum atomic E-state index is 11.0. The lowest BCUT2D eigenvalue weighted by Gasteiger charge is -2.11. The summed E-state index contributed by atoms with van der Waals surface area (Å²) >= 11 is 6.23. The van der Waals surface area contributed by atoms with Gasteiger partial charge in [0.25, 0.3) is 0 Å². The fraction of sp³-hybridized carbons (Fsp3) is 0.615. The average Bonchev–Trinajstić information content (AvgIpc) is 2.88. The molecule has 1 amide bonds. The van der Waals surface area contributed by atoms with Crippen molar-refractivity contribution in [3.05, 3.63) is 11.5 Å². The number of rotatable bonds is 5. The number of halogens is 1. The van der Waals surface area contributed by atoms with Crippen molar-refractivity contribution in [3.63, 3.8) is 0 Å². The molecule has 6 nitrogen and oxygen atoms in total. The van der Waals surface area contributed by atoms with Gasteiger partial charge < -0.3 is 9.88 Å². The third kappa shape index (κ3) is 2.65. The molecule has 0 fully saturated rings. The Morgan fingerprint density at radius 2 is 2.20 bits per heavy atom. The summed E-state index contributed by atoms with van der Waals surface area (Å²) in [6.07, 6.45) is 0.830. The van der Waals surface area contributed by atoms with E-state index in [-0.39, 0.29) is 11.3 Å². The molecule has 0 aliphatic rings. The van der Waals surface area contributed by atoms with E-state index < -0.39 is 0 Å². The molecule has 0 radical (unpaired) electrons. The number of aryl methyl sites for hydroxylation is 2. The van der Waals surface area contributed by atoms with Crippen LogP contribution in [0.15, 0.2) is 0 Å². The van der Waals surface area contributed by atoms with Crippen molar-refractivity contribution in [2.45, 2.75) is 39.1 Å². The van der Waals surface area contributed by atoms with Crippen molar-refractivity contribution in [3.8, 4) is 0 Å². The topological polar surface area (TPSA) is 64.7 Å². The minimum Gasteiger partial charge on any atom is -0.355 e. The second-order valence-electron chi connectivity index (χ2n) is 4.82. The van der Waals surface area contributed by atoms with E-state index in [0.29, 0.717) is 13.1 Å². The van der Waals surface area contributed by atoms with Gasteiger partial charge in [-0.05, 0) is 13.3 Å². The van der Waals surface area contributed by atoms with Crippen LogP contribution in [0.4, 0.5) is 0 Å².